The van der Waals surface area contributed by atoms with Crippen molar-refractivity contribution >= 4 is 0 Å². The van der Waals surface area contributed by atoms with E-state index in [4.69, 9.17) is 0 Å². The number of nitrogens with one attached hydrogen (secondary N) is 1. The average molecular weight is 332 g/mol. The van der Waals surface area contributed by atoms with Crippen LogP contribution < -0.4 is 5.69 Å². The Hall–Kier alpha value is -1.89. The third-order valence-electron chi connectivity index (χ3n) is 5.01. The molecule has 1 N–H and O–H groups in total. The van der Waals surface area contributed by atoms with Gasteiger partial charge in [0.1, 0.15) is 5.82 Å². The summed E-state index contributed by atoms with van der Waals surface area (Å²) in [4.78, 5) is 14.3. The second-order valence-electron chi connectivity index (χ2n) is 6.68. The lowest BCUT2D eigenvalue weighted by molar-refractivity contribution is 0.194. The van der Waals surface area contributed by atoms with Crippen molar-refractivity contribution in [2.75, 3.05) is 13.1 Å². The summed E-state index contributed by atoms with van der Waals surface area (Å²) in [7, 11) is 0. The van der Waals surface area contributed by atoms with Gasteiger partial charge in [-0.1, -0.05) is 6.92 Å². The summed E-state index contributed by atoms with van der Waals surface area (Å²) in [6.45, 7) is 10.9. The summed E-state index contributed by atoms with van der Waals surface area (Å²) in [6, 6.07) is 0. The quantitative estimate of drug-likeness (QED) is 0.877. The Balaban J connectivity index is 1.71. The monoisotopic (exact) mass is 332 g/mol. The molecule has 0 amide bonds. The highest BCUT2D eigenvalue weighted by atomic mass is 16.1. The van der Waals surface area contributed by atoms with Crippen LogP contribution >= 0.6 is 0 Å². The van der Waals surface area contributed by atoms with Gasteiger partial charge in [0.05, 0.1) is 6.20 Å². The van der Waals surface area contributed by atoms with Crippen LogP contribution in [0.3, 0.4) is 0 Å². The minimum atomic E-state index is -0.0960. The highest BCUT2D eigenvalue weighted by molar-refractivity contribution is 5.16. The number of likely N-dealkylation sites (tertiary alicyclic amines) is 1. The zero-order chi connectivity index (χ0) is 17.1. The van der Waals surface area contributed by atoms with E-state index in [2.05, 4.69) is 38.7 Å². The maximum absolute atomic E-state index is 11.8. The SMILES string of the molecule is CCCn1ncc(CN2CCCC(c3n[nH]c(=O)n3CC)C2)c1C. The molecule has 0 spiro atoms. The van der Waals surface area contributed by atoms with Crippen LogP contribution in [0, 0.1) is 6.92 Å². The molecule has 7 heteroatoms. The van der Waals surface area contributed by atoms with Crippen molar-refractivity contribution in [2.45, 2.75) is 65.6 Å². The Morgan fingerprint density at radius 2 is 2.21 bits per heavy atom. The fraction of sp³-hybridized carbons (Fsp3) is 0.706. The number of piperidine rings is 1. The van der Waals surface area contributed by atoms with E-state index >= 15 is 0 Å². The van der Waals surface area contributed by atoms with Crippen LogP contribution in [0.25, 0.3) is 0 Å². The molecular weight excluding hydrogens is 304 g/mol. The van der Waals surface area contributed by atoms with Crippen LogP contribution in [0.4, 0.5) is 0 Å². The molecule has 24 heavy (non-hydrogen) atoms. The number of aryl methyl sites for hydroxylation is 1. The molecule has 1 aliphatic rings. The average Bonchev–Trinajstić information content (AvgIpc) is 3.12. The standard InChI is InChI=1S/C17H28N6O/c1-4-8-23-13(3)15(10-18-23)12-21-9-6-7-14(11-21)16-19-20-17(24)22(16)5-2/h10,14H,4-9,11-12H2,1-3H3,(H,20,24). The molecule has 2 aromatic rings. The summed E-state index contributed by atoms with van der Waals surface area (Å²) in [5.41, 5.74) is 2.48. The first-order chi connectivity index (χ1) is 11.6. The van der Waals surface area contributed by atoms with E-state index in [-0.39, 0.29) is 5.69 Å². The second kappa shape index (κ2) is 7.34. The molecule has 3 rings (SSSR count). The number of H-pyrrole nitrogens is 1. The van der Waals surface area contributed by atoms with Gasteiger partial charge < -0.3 is 0 Å². The summed E-state index contributed by atoms with van der Waals surface area (Å²) in [6.07, 6.45) is 5.33. The molecule has 1 saturated heterocycles. The lowest BCUT2D eigenvalue weighted by atomic mass is 9.96. The van der Waals surface area contributed by atoms with Gasteiger partial charge in [-0.05, 0) is 39.7 Å². The molecule has 2 aromatic heterocycles. The Bertz CT molecular complexity index is 728. The fourth-order valence-electron chi connectivity index (χ4n) is 3.68. The van der Waals surface area contributed by atoms with Crippen LogP contribution in [0.5, 0.6) is 0 Å². The molecule has 0 aliphatic carbocycles. The van der Waals surface area contributed by atoms with E-state index in [0.29, 0.717) is 12.5 Å². The van der Waals surface area contributed by atoms with Gasteiger partial charge in [0.15, 0.2) is 0 Å². The number of hydrogen-bond donors (Lipinski definition) is 1. The first-order valence-corrected chi connectivity index (χ1v) is 9.02. The van der Waals surface area contributed by atoms with Crippen LogP contribution in [-0.4, -0.2) is 42.5 Å². The van der Waals surface area contributed by atoms with Crippen molar-refractivity contribution in [2.24, 2.45) is 0 Å². The van der Waals surface area contributed by atoms with Gasteiger partial charge in [-0.2, -0.15) is 10.2 Å². The molecule has 0 saturated carbocycles. The lowest BCUT2D eigenvalue weighted by Gasteiger charge is -2.32. The highest BCUT2D eigenvalue weighted by Crippen LogP contribution is 2.26. The molecule has 0 aromatic carbocycles. The zero-order valence-electron chi connectivity index (χ0n) is 15.0. The Morgan fingerprint density at radius 1 is 1.38 bits per heavy atom. The van der Waals surface area contributed by atoms with Crippen molar-refractivity contribution < 1.29 is 0 Å². The van der Waals surface area contributed by atoms with E-state index in [0.717, 1.165) is 51.3 Å². The molecule has 7 nitrogen and oxygen atoms in total. The summed E-state index contributed by atoms with van der Waals surface area (Å²) in [5.74, 6) is 1.23. The van der Waals surface area contributed by atoms with Crippen molar-refractivity contribution in [3.05, 3.63) is 33.8 Å². The smallest absolute Gasteiger partial charge is 0.298 e. The first-order valence-electron chi connectivity index (χ1n) is 9.02. The maximum atomic E-state index is 11.8. The molecule has 1 aliphatic heterocycles. The molecule has 0 bridgehead atoms. The van der Waals surface area contributed by atoms with E-state index in [1.165, 1.54) is 11.3 Å². The number of aromatic amines is 1. The van der Waals surface area contributed by atoms with E-state index in [1.54, 1.807) is 4.57 Å². The molecule has 1 fully saturated rings. The number of nitrogens with zero attached hydrogens (tertiary/aromatic N) is 5. The normalized spacial score (nSPS) is 19.0. The third-order valence-corrected chi connectivity index (χ3v) is 5.01. The molecule has 0 radical (unpaired) electrons. The first kappa shape index (κ1) is 17.0. The predicted octanol–water partition coefficient (Wildman–Crippen LogP) is 1.89. The van der Waals surface area contributed by atoms with Gasteiger partial charge in [0.25, 0.3) is 0 Å². The molecule has 1 atom stereocenters. The summed E-state index contributed by atoms with van der Waals surface area (Å²) >= 11 is 0. The lowest BCUT2D eigenvalue weighted by Crippen LogP contribution is -2.35. The van der Waals surface area contributed by atoms with E-state index < -0.39 is 0 Å². The Labute approximate surface area is 142 Å². The molecule has 3 heterocycles. The van der Waals surface area contributed by atoms with Gasteiger partial charge in [0.2, 0.25) is 0 Å². The van der Waals surface area contributed by atoms with Gasteiger partial charge >= 0.3 is 5.69 Å². The Kier molecular flexibility index (Phi) is 5.18. The minimum absolute atomic E-state index is 0.0960. The van der Waals surface area contributed by atoms with E-state index in [1.807, 2.05) is 13.1 Å². The maximum Gasteiger partial charge on any atom is 0.343 e. The van der Waals surface area contributed by atoms with Crippen LogP contribution in [0.15, 0.2) is 11.0 Å². The number of aromatic nitrogens is 5. The van der Waals surface area contributed by atoms with Crippen molar-refractivity contribution in [1.82, 2.24) is 29.4 Å². The summed E-state index contributed by atoms with van der Waals surface area (Å²) in [5, 5.41) is 11.4. The van der Waals surface area contributed by atoms with Crippen LogP contribution in [0.1, 0.15) is 56.1 Å². The predicted molar refractivity (Wildman–Crippen MR) is 93.0 cm³/mol. The minimum Gasteiger partial charge on any atom is -0.298 e. The van der Waals surface area contributed by atoms with Crippen molar-refractivity contribution in [3.8, 4) is 0 Å². The largest absolute Gasteiger partial charge is 0.343 e. The molecule has 1 unspecified atom stereocenters. The van der Waals surface area contributed by atoms with Gasteiger partial charge in [0, 0.05) is 43.4 Å². The Morgan fingerprint density at radius 3 is 2.96 bits per heavy atom. The van der Waals surface area contributed by atoms with Crippen LogP contribution in [-0.2, 0) is 19.6 Å². The van der Waals surface area contributed by atoms with Crippen molar-refractivity contribution in [1.29, 1.82) is 0 Å². The zero-order valence-corrected chi connectivity index (χ0v) is 15.0. The second-order valence-corrected chi connectivity index (χ2v) is 6.68. The number of rotatable bonds is 6. The highest BCUT2D eigenvalue weighted by Gasteiger charge is 2.26. The molecular formula is C17H28N6O. The van der Waals surface area contributed by atoms with Crippen LogP contribution in [0.2, 0.25) is 0 Å². The number of hydrogen-bond acceptors (Lipinski definition) is 4. The third kappa shape index (κ3) is 3.31. The summed E-state index contributed by atoms with van der Waals surface area (Å²) < 4.78 is 3.86. The molecule has 132 valence electrons. The van der Waals surface area contributed by atoms with E-state index in [9.17, 15) is 4.79 Å². The van der Waals surface area contributed by atoms with Crippen molar-refractivity contribution in [3.63, 3.8) is 0 Å². The fourth-order valence-corrected chi connectivity index (χ4v) is 3.68. The topological polar surface area (TPSA) is 71.7 Å². The van der Waals surface area contributed by atoms with Gasteiger partial charge in [-0.15, -0.1) is 0 Å². The van der Waals surface area contributed by atoms with Gasteiger partial charge in [-0.25, -0.2) is 9.89 Å². The van der Waals surface area contributed by atoms with Gasteiger partial charge in [-0.3, -0.25) is 14.1 Å².